The van der Waals surface area contributed by atoms with Crippen LogP contribution in [-0.4, -0.2) is 37.8 Å². The van der Waals surface area contributed by atoms with Crippen molar-refractivity contribution in [3.63, 3.8) is 0 Å². The molecule has 4 rings (SSSR count). The van der Waals surface area contributed by atoms with Gasteiger partial charge in [0.2, 0.25) is 15.9 Å². The van der Waals surface area contributed by atoms with Crippen molar-refractivity contribution in [3.05, 3.63) is 30.3 Å². The van der Waals surface area contributed by atoms with Gasteiger partial charge in [0.15, 0.2) is 0 Å². The summed E-state index contributed by atoms with van der Waals surface area (Å²) in [5, 5.41) is 3.23. The first-order valence-electron chi connectivity index (χ1n) is 9.39. The van der Waals surface area contributed by atoms with Gasteiger partial charge in [-0.3, -0.25) is 4.79 Å². The van der Waals surface area contributed by atoms with Gasteiger partial charge in [0.1, 0.15) is 0 Å². The number of rotatable bonds is 4. The molecule has 136 valence electrons. The molecule has 3 aliphatic rings. The lowest BCUT2D eigenvalue weighted by atomic mass is 9.93. The zero-order valence-electron chi connectivity index (χ0n) is 14.4. The van der Waals surface area contributed by atoms with Gasteiger partial charge in [0, 0.05) is 19.1 Å². The number of nitrogens with zero attached hydrogens (tertiary/aromatic N) is 1. The number of piperidine rings is 1. The molecule has 0 aromatic heterocycles. The maximum Gasteiger partial charge on any atom is 0.243 e. The molecular formula is C19H26N2O3S. The molecule has 1 aromatic carbocycles. The van der Waals surface area contributed by atoms with Gasteiger partial charge < -0.3 is 5.32 Å². The third-order valence-corrected chi connectivity index (χ3v) is 8.08. The lowest BCUT2D eigenvalue weighted by Crippen LogP contribution is -2.48. The average Bonchev–Trinajstić information content (AvgIpc) is 3.25. The molecule has 6 heteroatoms. The van der Waals surface area contributed by atoms with Crippen LogP contribution in [0.15, 0.2) is 35.2 Å². The Balaban J connectivity index is 1.41. The number of hydrogen-bond acceptors (Lipinski definition) is 3. The zero-order valence-corrected chi connectivity index (χ0v) is 15.2. The summed E-state index contributed by atoms with van der Waals surface area (Å²) < 4.78 is 27.1. The molecule has 1 amide bonds. The molecule has 2 aliphatic carbocycles. The van der Waals surface area contributed by atoms with Gasteiger partial charge in [-0.05, 0) is 56.1 Å². The molecule has 0 radical (unpaired) electrons. The Labute approximate surface area is 149 Å². The fourth-order valence-electron chi connectivity index (χ4n) is 4.84. The van der Waals surface area contributed by atoms with E-state index in [1.54, 1.807) is 30.3 Å². The highest BCUT2D eigenvalue weighted by molar-refractivity contribution is 7.89. The SMILES string of the molecule is O=C(N[C@@H]1C[C@H]2CC[C@H]1C2)[C@@H]1CCCN(S(=O)(=O)c2ccccc2)C1. The van der Waals surface area contributed by atoms with Gasteiger partial charge in [-0.25, -0.2) is 8.42 Å². The Morgan fingerprint density at radius 3 is 2.56 bits per heavy atom. The van der Waals surface area contributed by atoms with Gasteiger partial charge in [-0.1, -0.05) is 24.6 Å². The summed E-state index contributed by atoms with van der Waals surface area (Å²) in [4.78, 5) is 13.0. The van der Waals surface area contributed by atoms with Crippen LogP contribution in [0.25, 0.3) is 0 Å². The Morgan fingerprint density at radius 2 is 1.88 bits per heavy atom. The number of fused-ring (bicyclic) bond motifs is 2. The molecule has 5 nitrogen and oxygen atoms in total. The molecule has 3 fully saturated rings. The Bertz CT molecular complexity index is 734. The van der Waals surface area contributed by atoms with Crippen molar-refractivity contribution in [1.29, 1.82) is 0 Å². The van der Waals surface area contributed by atoms with Crippen LogP contribution in [0.1, 0.15) is 38.5 Å². The third-order valence-electron chi connectivity index (χ3n) is 6.20. The van der Waals surface area contributed by atoms with Crippen molar-refractivity contribution in [2.75, 3.05) is 13.1 Å². The fourth-order valence-corrected chi connectivity index (χ4v) is 6.38. The molecule has 4 atom stereocenters. The van der Waals surface area contributed by atoms with E-state index in [0.717, 1.165) is 25.2 Å². The molecule has 25 heavy (non-hydrogen) atoms. The minimum Gasteiger partial charge on any atom is -0.353 e. The summed E-state index contributed by atoms with van der Waals surface area (Å²) in [6, 6.07) is 8.82. The quantitative estimate of drug-likeness (QED) is 0.894. The van der Waals surface area contributed by atoms with Crippen LogP contribution >= 0.6 is 0 Å². The van der Waals surface area contributed by atoms with Crippen molar-refractivity contribution in [2.45, 2.75) is 49.5 Å². The number of benzene rings is 1. The maximum atomic E-state index is 12.8. The number of sulfonamides is 1. The normalized spacial score (nSPS) is 32.6. The number of hydrogen-bond donors (Lipinski definition) is 1. The summed E-state index contributed by atoms with van der Waals surface area (Å²) in [6.07, 6.45) is 6.41. The monoisotopic (exact) mass is 362 g/mol. The van der Waals surface area contributed by atoms with Crippen LogP contribution in [-0.2, 0) is 14.8 Å². The lowest BCUT2D eigenvalue weighted by molar-refractivity contribution is -0.127. The summed E-state index contributed by atoms with van der Waals surface area (Å²) in [5.41, 5.74) is 0. The second kappa shape index (κ2) is 6.72. The van der Waals surface area contributed by atoms with Crippen LogP contribution in [0.3, 0.4) is 0 Å². The Hall–Kier alpha value is -1.40. The summed E-state index contributed by atoms with van der Waals surface area (Å²) in [5.74, 6) is 1.25. The topological polar surface area (TPSA) is 66.5 Å². The molecule has 1 aromatic rings. The molecule has 1 saturated heterocycles. The largest absolute Gasteiger partial charge is 0.353 e. The van der Waals surface area contributed by atoms with E-state index in [4.69, 9.17) is 0 Å². The first kappa shape index (κ1) is 17.0. The maximum absolute atomic E-state index is 12.8. The van der Waals surface area contributed by atoms with Crippen molar-refractivity contribution >= 4 is 15.9 Å². The third kappa shape index (κ3) is 3.34. The van der Waals surface area contributed by atoms with E-state index >= 15 is 0 Å². The highest BCUT2D eigenvalue weighted by Gasteiger charge is 2.41. The predicted molar refractivity (Wildman–Crippen MR) is 95.3 cm³/mol. The van der Waals surface area contributed by atoms with Crippen LogP contribution < -0.4 is 5.32 Å². The molecule has 0 spiro atoms. The van der Waals surface area contributed by atoms with Gasteiger partial charge >= 0.3 is 0 Å². The van der Waals surface area contributed by atoms with Crippen molar-refractivity contribution in [2.24, 2.45) is 17.8 Å². The Kier molecular flexibility index (Phi) is 4.58. The lowest BCUT2D eigenvalue weighted by Gasteiger charge is -2.32. The summed E-state index contributed by atoms with van der Waals surface area (Å²) in [6.45, 7) is 0.791. The van der Waals surface area contributed by atoms with Gasteiger partial charge in [-0.2, -0.15) is 4.31 Å². The fraction of sp³-hybridized carbons (Fsp3) is 0.632. The Morgan fingerprint density at radius 1 is 1.08 bits per heavy atom. The average molecular weight is 362 g/mol. The summed E-state index contributed by atoms with van der Waals surface area (Å²) >= 11 is 0. The second-order valence-electron chi connectivity index (χ2n) is 7.81. The standard InChI is InChI=1S/C19H26N2O3S/c22-19(20-18-12-14-8-9-15(18)11-14)16-5-4-10-21(13-16)25(23,24)17-6-2-1-3-7-17/h1-3,6-7,14-16,18H,4-5,8-13H2,(H,20,22)/t14-,15-,16+,18+/m0/s1. The van der Waals surface area contributed by atoms with E-state index in [9.17, 15) is 13.2 Å². The number of nitrogens with one attached hydrogen (secondary N) is 1. The predicted octanol–water partition coefficient (Wildman–Crippen LogP) is 2.39. The van der Waals surface area contributed by atoms with E-state index in [-0.39, 0.29) is 11.8 Å². The molecule has 2 bridgehead atoms. The first-order valence-corrected chi connectivity index (χ1v) is 10.8. The highest BCUT2D eigenvalue weighted by Crippen LogP contribution is 2.44. The molecule has 2 saturated carbocycles. The first-order chi connectivity index (χ1) is 12.0. The van der Waals surface area contributed by atoms with E-state index < -0.39 is 10.0 Å². The number of amides is 1. The highest BCUT2D eigenvalue weighted by atomic mass is 32.2. The van der Waals surface area contributed by atoms with Crippen LogP contribution in [0.4, 0.5) is 0 Å². The minimum absolute atomic E-state index is 0.0468. The van der Waals surface area contributed by atoms with Gasteiger partial charge in [-0.15, -0.1) is 0 Å². The smallest absolute Gasteiger partial charge is 0.243 e. The van der Waals surface area contributed by atoms with Crippen LogP contribution in [0.2, 0.25) is 0 Å². The second-order valence-corrected chi connectivity index (χ2v) is 9.74. The molecule has 0 unspecified atom stereocenters. The minimum atomic E-state index is -3.51. The van der Waals surface area contributed by atoms with E-state index in [2.05, 4.69) is 5.32 Å². The zero-order chi connectivity index (χ0) is 17.4. The van der Waals surface area contributed by atoms with Gasteiger partial charge in [0.05, 0.1) is 10.8 Å². The summed E-state index contributed by atoms with van der Waals surface area (Å²) in [7, 11) is -3.51. The van der Waals surface area contributed by atoms with Crippen molar-refractivity contribution in [1.82, 2.24) is 9.62 Å². The number of carbonyl (C=O) groups excluding carboxylic acids is 1. The van der Waals surface area contributed by atoms with E-state index in [0.29, 0.717) is 29.9 Å². The van der Waals surface area contributed by atoms with Crippen molar-refractivity contribution < 1.29 is 13.2 Å². The number of carbonyl (C=O) groups is 1. The van der Waals surface area contributed by atoms with E-state index in [1.165, 1.54) is 23.6 Å². The molecule has 1 N–H and O–H groups in total. The molecule has 1 aliphatic heterocycles. The van der Waals surface area contributed by atoms with E-state index in [1.807, 2.05) is 0 Å². The van der Waals surface area contributed by atoms with Crippen LogP contribution in [0, 0.1) is 17.8 Å². The molecule has 1 heterocycles. The molecular weight excluding hydrogens is 336 g/mol. The van der Waals surface area contributed by atoms with Crippen molar-refractivity contribution in [3.8, 4) is 0 Å². The van der Waals surface area contributed by atoms with Crippen LogP contribution in [0.5, 0.6) is 0 Å². The van der Waals surface area contributed by atoms with Gasteiger partial charge in [0.25, 0.3) is 0 Å².